The van der Waals surface area contributed by atoms with E-state index in [0.29, 0.717) is 13.1 Å². The Morgan fingerprint density at radius 3 is 2.64 bits per heavy atom. The molecule has 0 bridgehead atoms. The fourth-order valence-electron chi connectivity index (χ4n) is 1.52. The molecule has 1 rings (SSSR count). The number of hydrogen-bond acceptors (Lipinski definition) is 3. The third-order valence-corrected chi connectivity index (χ3v) is 1.95. The first kappa shape index (κ1) is 11.0. The zero-order valence-corrected chi connectivity index (χ0v) is 8.83. The lowest BCUT2D eigenvalue weighted by atomic mass is 10.1. The Kier molecular flexibility index (Phi) is 2.80. The molecule has 1 aliphatic rings. The summed E-state index contributed by atoms with van der Waals surface area (Å²) < 4.78 is 0. The van der Waals surface area contributed by atoms with Crippen LogP contribution in [-0.4, -0.2) is 41.4 Å². The van der Waals surface area contributed by atoms with Crippen molar-refractivity contribution in [2.75, 3.05) is 13.1 Å². The number of nitrogens with two attached hydrogens (primary N) is 1. The highest BCUT2D eigenvalue weighted by Crippen LogP contribution is 2.06. The predicted octanol–water partition coefficient (Wildman–Crippen LogP) is -0.929. The third kappa shape index (κ3) is 2.70. The van der Waals surface area contributed by atoms with Crippen molar-refractivity contribution in [1.29, 1.82) is 0 Å². The summed E-state index contributed by atoms with van der Waals surface area (Å²) in [6.07, 6.45) is 0. The molecule has 1 saturated heterocycles. The molecular formula is C9H17N3O2. The zero-order chi connectivity index (χ0) is 10.9. The molecule has 0 aromatic heterocycles. The smallest absolute Gasteiger partial charge is 0.312 e. The van der Waals surface area contributed by atoms with Gasteiger partial charge in [-0.1, -0.05) is 0 Å². The maximum atomic E-state index is 11.4. The molecule has 5 heteroatoms. The van der Waals surface area contributed by atoms with Crippen LogP contribution in [0.1, 0.15) is 20.8 Å². The number of rotatable bonds is 2. The number of hydrogen-bond donors (Lipinski definition) is 2. The molecule has 2 amide bonds. The van der Waals surface area contributed by atoms with E-state index in [0.717, 1.165) is 0 Å². The van der Waals surface area contributed by atoms with Gasteiger partial charge in [0, 0.05) is 24.7 Å². The summed E-state index contributed by atoms with van der Waals surface area (Å²) in [7, 11) is 0. The molecule has 0 aromatic rings. The van der Waals surface area contributed by atoms with Gasteiger partial charge in [0.05, 0.1) is 0 Å². The minimum atomic E-state index is -0.534. The molecular weight excluding hydrogens is 182 g/mol. The zero-order valence-electron chi connectivity index (χ0n) is 8.83. The second-order valence-electron chi connectivity index (χ2n) is 4.55. The summed E-state index contributed by atoms with van der Waals surface area (Å²) in [6, 6.07) is 0.00236. The van der Waals surface area contributed by atoms with E-state index in [1.807, 2.05) is 20.8 Å². The Balaban J connectivity index is 2.67. The summed E-state index contributed by atoms with van der Waals surface area (Å²) in [5.41, 5.74) is 5.33. The Morgan fingerprint density at radius 2 is 2.14 bits per heavy atom. The highest BCUT2D eigenvalue weighted by Gasteiger charge is 2.32. The van der Waals surface area contributed by atoms with E-state index in [9.17, 15) is 9.59 Å². The molecule has 0 aliphatic carbocycles. The van der Waals surface area contributed by atoms with Crippen molar-refractivity contribution in [2.45, 2.75) is 32.4 Å². The van der Waals surface area contributed by atoms with Crippen molar-refractivity contribution in [3.05, 3.63) is 0 Å². The van der Waals surface area contributed by atoms with Gasteiger partial charge in [0.1, 0.15) is 0 Å². The SMILES string of the molecule is CC1CN(CC(C)(C)N)C(=O)C(=O)N1. The van der Waals surface area contributed by atoms with Crippen LogP contribution in [0.2, 0.25) is 0 Å². The summed E-state index contributed by atoms with van der Waals surface area (Å²) >= 11 is 0. The van der Waals surface area contributed by atoms with Gasteiger partial charge in [-0.15, -0.1) is 0 Å². The van der Waals surface area contributed by atoms with Crippen LogP contribution in [0.15, 0.2) is 0 Å². The topological polar surface area (TPSA) is 75.4 Å². The monoisotopic (exact) mass is 199 g/mol. The average molecular weight is 199 g/mol. The van der Waals surface area contributed by atoms with Crippen LogP contribution >= 0.6 is 0 Å². The molecule has 14 heavy (non-hydrogen) atoms. The second kappa shape index (κ2) is 3.57. The maximum Gasteiger partial charge on any atom is 0.312 e. The maximum absolute atomic E-state index is 11.4. The number of amides is 2. The molecule has 1 heterocycles. The molecule has 5 nitrogen and oxygen atoms in total. The van der Waals surface area contributed by atoms with Crippen LogP contribution in [0.4, 0.5) is 0 Å². The molecule has 1 unspecified atom stereocenters. The molecule has 0 saturated carbocycles. The van der Waals surface area contributed by atoms with E-state index in [2.05, 4.69) is 5.32 Å². The summed E-state index contributed by atoms with van der Waals surface area (Å²) in [6.45, 7) is 6.46. The molecule has 80 valence electrons. The van der Waals surface area contributed by atoms with E-state index in [1.165, 1.54) is 4.90 Å². The molecule has 0 aromatic carbocycles. The first-order chi connectivity index (χ1) is 6.29. The number of nitrogens with one attached hydrogen (secondary N) is 1. The summed E-state index contributed by atoms with van der Waals surface area (Å²) in [5.74, 6) is -1.02. The standard InChI is InChI=1S/C9H17N3O2/c1-6-4-12(5-9(2,3)10)8(14)7(13)11-6/h6H,4-5,10H2,1-3H3,(H,11,13). The van der Waals surface area contributed by atoms with Crippen molar-refractivity contribution in [3.63, 3.8) is 0 Å². The molecule has 1 fully saturated rings. The van der Waals surface area contributed by atoms with Gasteiger partial charge in [0.25, 0.3) is 0 Å². The van der Waals surface area contributed by atoms with Gasteiger partial charge >= 0.3 is 11.8 Å². The Morgan fingerprint density at radius 1 is 1.57 bits per heavy atom. The van der Waals surface area contributed by atoms with Crippen LogP contribution in [0.5, 0.6) is 0 Å². The minimum absolute atomic E-state index is 0.00236. The summed E-state index contributed by atoms with van der Waals surface area (Å²) in [4.78, 5) is 24.1. The molecule has 1 aliphatic heterocycles. The number of piperazine rings is 1. The van der Waals surface area contributed by atoms with E-state index < -0.39 is 17.4 Å². The Hall–Kier alpha value is -1.10. The fraction of sp³-hybridized carbons (Fsp3) is 0.778. The third-order valence-electron chi connectivity index (χ3n) is 1.95. The lowest BCUT2D eigenvalue weighted by Crippen LogP contribution is -2.60. The second-order valence-corrected chi connectivity index (χ2v) is 4.55. The van der Waals surface area contributed by atoms with Gasteiger partial charge in [-0.25, -0.2) is 0 Å². The first-order valence-corrected chi connectivity index (χ1v) is 4.68. The normalized spacial score (nSPS) is 23.7. The molecule has 1 atom stereocenters. The Bertz CT molecular complexity index is 257. The highest BCUT2D eigenvalue weighted by molar-refractivity contribution is 6.35. The van der Waals surface area contributed by atoms with Crippen molar-refractivity contribution in [1.82, 2.24) is 10.2 Å². The van der Waals surface area contributed by atoms with Gasteiger partial charge in [0.2, 0.25) is 0 Å². The fourth-order valence-corrected chi connectivity index (χ4v) is 1.52. The van der Waals surface area contributed by atoms with E-state index in [4.69, 9.17) is 5.73 Å². The summed E-state index contributed by atoms with van der Waals surface area (Å²) in [5, 5.41) is 2.57. The van der Waals surface area contributed by atoms with E-state index >= 15 is 0 Å². The van der Waals surface area contributed by atoms with Crippen molar-refractivity contribution in [3.8, 4) is 0 Å². The van der Waals surface area contributed by atoms with Crippen LogP contribution in [-0.2, 0) is 9.59 Å². The number of nitrogens with zero attached hydrogens (tertiary/aromatic N) is 1. The van der Waals surface area contributed by atoms with Crippen molar-refractivity contribution >= 4 is 11.8 Å². The van der Waals surface area contributed by atoms with Crippen LogP contribution < -0.4 is 11.1 Å². The molecule has 0 spiro atoms. The predicted molar refractivity (Wildman–Crippen MR) is 52.5 cm³/mol. The molecule has 3 N–H and O–H groups in total. The minimum Gasteiger partial charge on any atom is -0.344 e. The van der Waals surface area contributed by atoms with Gasteiger partial charge in [-0.3, -0.25) is 9.59 Å². The van der Waals surface area contributed by atoms with Crippen molar-refractivity contribution < 1.29 is 9.59 Å². The largest absolute Gasteiger partial charge is 0.344 e. The highest BCUT2D eigenvalue weighted by atomic mass is 16.2. The quantitative estimate of drug-likeness (QED) is 0.564. The van der Waals surface area contributed by atoms with Crippen molar-refractivity contribution in [2.24, 2.45) is 5.73 Å². The average Bonchev–Trinajstić information content (AvgIpc) is 1.96. The lowest BCUT2D eigenvalue weighted by molar-refractivity contribution is -0.149. The van der Waals surface area contributed by atoms with Gasteiger partial charge < -0.3 is 16.0 Å². The molecule has 0 radical (unpaired) electrons. The van der Waals surface area contributed by atoms with Crippen LogP contribution in [0.25, 0.3) is 0 Å². The number of carbonyl (C=O) groups is 2. The van der Waals surface area contributed by atoms with Gasteiger partial charge in [0.15, 0.2) is 0 Å². The van der Waals surface area contributed by atoms with Gasteiger partial charge in [-0.2, -0.15) is 0 Å². The van der Waals surface area contributed by atoms with Crippen LogP contribution in [0, 0.1) is 0 Å². The first-order valence-electron chi connectivity index (χ1n) is 4.68. The Labute approximate surface area is 83.6 Å². The van der Waals surface area contributed by atoms with Crippen LogP contribution in [0.3, 0.4) is 0 Å². The van der Waals surface area contributed by atoms with E-state index in [1.54, 1.807) is 0 Å². The van der Waals surface area contributed by atoms with E-state index in [-0.39, 0.29) is 6.04 Å². The van der Waals surface area contributed by atoms with Gasteiger partial charge in [-0.05, 0) is 20.8 Å². The number of carbonyl (C=O) groups excluding carboxylic acids is 2. The lowest BCUT2D eigenvalue weighted by Gasteiger charge is -2.35.